The van der Waals surface area contributed by atoms with Gasteiger partial charge in [-0.15, -0.1) is 0 Å². The Bertz CT molecular complexity index is 1760. The Morgan fingerprint density at radius 2 is 1.26 bits per heavy atom. The van der Waals surface area contributed by atoms with Crippen LogP contribution in [0.5, 0.6) is 5.75 Å². The summed E-state index contributed by atoms with van der Waals surface area (Å²) in [6.45, 7) is 2.16. The molecule has 0 bridgehead atoms. The second kappa shape index (κ2) is 13.4. The molecular formula is C33H34B2N2O6. The fraction of sp³-hybridized carbons (Fsp3) is 0.182. The summed E-state index contributed by atoms with van der Waals surface area (Å²) in [5, 5.41) is 42.9. The van der Waals surface area contributed by atoms with E-state index in [4.69, 9.17) is 4.65 Å². The predicted octanol–water partition coefficient (Wildman–Crippen LogP) is 3.27. The van der Waals surface area contributed by atoms with Gasteiger partial charge < -0.3 is 24.8 Å². The first kappa shape index (κ1) is 30.3. The molecule has 10 heteroatoms. The maximum atomic E-state index is 12.0. The lowest BCUT2D eigenvalue weighted by Gasteiger charge is -2.25. The van der Waals surface area contributed by atoms with Crippen molar-refractivity contribution >= 4 is 47.8 Å². The van der Waals surface area contributed by atoms with Crippen LogP contribution in [0.2, 0.25) is 0 Å². The summed E-state index contributed by atoms with van der Waals surface area (Å²) >= 11 is 0. The van der Waals surface area contributed by atoms with Gasteiger partial charge in [-0.2, -0.15) is 0 Å². The van der Waals surface area contributed by atoms with Crippen molar-refractivity contribution in [1.82, 2.24) is 9.80 Å². The Labute approximate surface area is 251 Å². The lowest BCUT2D eigenvalue weighted by Crippen LogP contribution is -2.35. The first-order valence-corrected chi connectivity index (χ1v) is 14.1. The highest BCUT2D eigenvalue weighted by Crippen LogP contribution is 2.35. The Kier molecular flexibility index (Phi) is 9.45. The molecule has 0 saturated carbocycles. The van der Waals surface area contributed by atoms with Crippen molar-refractivity contribution in [3.8, 4) is 5.75 Å². The summed E-state index contributed by atoms with van der Waals surface area (Å²) in [4.78, 5) is 16.3. The number of rotatable bonds is 12. The van der Waals surface area contributed by atoms with Crippen molar-refractivity contribution in [2.45, 2.75) is 26.2 Å². The second-order valence-electron chi connectivity index (χ2n) is 10.9. The monoisotopic (exact) mass is 576 g/mol. The third-order valence-corrected chi connectivity index (χ3v) is 7.76. The average Bonchev–Trinajstić information content (AvgIpc) is 2.99. The molecule has 0 heterocycles. The van der Waals surface area contributed by atoms with Gasteiger partial charge in [-0.05, 0) is 76.0 Å². The van der Waals surface area contributed by atoms with E-state index in [0.717, 1.165) is 43.8 Å². The van der Waals surface area contributed by atoms with Crippen LogP contribution < -0.4 is 10.1 Å². The Hall–Kier alpha value is -4.18. The minimum atomic E-state index is -1.57. The van der Waals surface area contributed by atoms with Crippen molar-refractivity contribution in [3.05, 3.63) is 119 Å². The van der Waals surface area contributed by atoms with Crippen molar-refractivity contribution in [3.63, 3.8) is 0 Å². The molecule has 0 aliphatic rings. The third kappa shape index (κ3) is 6.74. The van der Waals surface area contributed by atoms with Crippen molar-refractivity contribution in [1.29, 1.82) is 0 Å². The molecular weight excluding hydrogens is 542 g/mol. The van der Waals surface area contributed by atoms with E-state index in [1.807, 2.05) is 68.7 Å². The highest BCUT2D eigenvalue weighted by molar-refractivity contribution is 6.59. The van der Waals surface area contributed by atoms with E-state index < -0.39 is 20.8 Å². The Morgan fingerprint density at radius 3 is 1.88 bits per heavy atom. The molecule has 0 aliphatic carbocycles. The van der Waals surface area contributed by atoms with Gasteiger partial charge in [-0.25, -0.2) is 4.79 Å². The van der Waals surface area contributed by atoms with Gasteiger partial charge in [0.25, 0.3) is 0 Å². The molecule has 5 aromatic carbocycles. The van der Waals surface area contributed by atoms with Crippen LogP contribution in [0.3, 0.4) is 0 Å². The summed E-state index contributed by atoms with van der Waals surface area (Å²) in [6.07, 6.45) is 0. The maximum Gasteiger partial charge on any atom is 0.504 e. The number of hydrogen-bond donors (Lipinski definition) is 4. The molecule has 0 spiro atoms. The molecule has 0 radical (unpaired) electrons. The van der Waals surface area contributed by atoms with Crippen LogP contribution in [0.15, 0.2) is 91.0 Å². The summed E-state index contributed by atoms with van der Waals surface area (Å²) in [6, 6.07) is 28.4. The Morgan fingerprint density at radius 1 is 0.721 bits per heavy atom. The minimum Gasteiger partial charge on any atom is -0.539 e. The highest BCUT2D eigenvalue weighted by atomic mass is 16.5. The van der Waals surface area contributed by atoms with E-state index >= 15 is 0 Å². The number of aromatic carboxylic acids is 1. The lowest BCUT2D eigenvalue weighted by molar-refractivity contribution is 0.0697. The van der Waals surface area contributed by atoms with Gasteiger partial charge in [-0.1, -0.05) is 72.8 Å². The van der Waals surface area contributed by atoms with E-state index in [9.17, 15) is 25.0 Å². The van der Waals surface area contributed by atoms with E-state index in [1.54, 1.807) is 24.3 Å². The van der Waals surface area contributed by atoms with Crippen LogP contribution in [-0.2, 0) is 26.2 Å². The quantitative estimate of drug-likeness (QED) is 0.132. The molecule has 5 rings (SSSR count). The van der Waals surface area contributed by atoms with Crippen LogP contribution >= 0.6 is 0 Å². The minimum absolute atomic E-state index is 0.217. The predicted molar refractivity (Wildman–Crippen MR) is 171 cm³/mol. The molecule has 0 amide bonds. The van der Waals surface area contributed by atoms with Crippen LogP contribution in [0.4, 0.5) is 0 Å². The highest BCUT2D eigenvalue weighted by Gasteiger charge is 2.20. The van der Waals surface area contributed by atoms with Crippen molar-refractivity contribution < 1.29 is 29.6 Å². The molecule has 43 heavy (non-hydrogen) atoms. The number of carboxylic acid groups (broad SMARTS) is 1. The first-order chi connectivity index (χ1) is 20.8. The molecule has 5 aromatic rings. The average molecular weight is 576 g/mol. The first-order valence-electron chi connectivity index (χ1n) is 14.1. The van der Waals surface area contributed by atoms with E-state index in [1.165, 1.54) is 0 Å². The van der Waals surface area contributed by atoms with Gasteiger partial charge in [0.2, 0.25) is 0 Å². The zero-order valence-corrected chi connectivity index (χ0v) is 24.3. The van der Waals surface area contributed by atoms with Gasteiger partial charge >= 0.3 is 20.8 Å². The summed E-state index contributed by atoms with van der Waals surface area (Å²) in [7, 11) is 2.03. The number of nitrogens with zero attached hydrogens (tertiary/aromatic N) is 2. The standard InChI is InChI=1S/C33H34B2N2O6/c1-36(18-23-9-3-7-13-31(23)35(41)42)21-30-26-12-6-5-11-25(26)29(27-16-15-22(33(38)39)17-28(27)30)20-37(2)19-24-10-4-8-14-32(24)43-34-40/h3-17,34,40-42H,18-21H2,1-2H3,(H,38,39). The fourth-order valence-corrected chi connectivity index (χ4v) is 5.84. The van der Waals surface area contributed by atoms with E-state index in [2.05, 4.69) is 21.9 Å². The maximum absolute atomic E-state index is 12.0. The molecule has 0 saturated heterocycles. The van der Waals surface area contributed by atoms with Gasteiger partial charge in [0.05, 0.1) is 5.56 Å². The number of hydrogen-bond acceptors (Lipinski definition) is 7. The number of carbonyl (C=O) groups is 1. The lowest BCUT2D eigenvalue weighted by atomic mass is 9.77. The van der Waals surface area contributed by atoms with Crippen molar-refractivity contribution in [2.75, 3.05) is 14.1 Å². The summed E-state index contributed by atoms with van der Waals surface area (Å²) < 4.78 is 5.42. The normalized spacial score (nSPS) is 11.4. The SMILES string of the molecule is CN(Cc1ccccc1OBO)Cc1c2ccccc2c(CN(C)Cc2ccccc2B(O)O)c2cc(C(=O)O)ccc12. The summed E-state index contributed by atoms with van der Waals surface area (Å²) in [5.41, 5.74) is 4.53. The van der Waals surface area contributed by atoms with E-state index in [-0.39, 0.29) is 5.56 Å². The zero-order valence-electron chi connectivity index (χ0n) is 24.3. The third-order valence-electron chi connectivity index (χ3n) is 7.76. The van der Waals surface area contributed by atoms with Crippen LogP contribution in [0.1, 0.15) is 32.6 Å². The number of fused-ring (bicyclic) bond motifs is 2. The number of carboxylic acids is 1. The molecule has 0 aromatic heterocycles. The van der Waals surface area contributed by atoms with Gasteiger partial charge in [0.15, 0.2) is 0 Å². The number of para-hydroxylation sites is 1. The van der Waals surface area contributed by atoms with Crippen LogP contribution in [0, 0.1) is 0 Å². The van der Waals surface area contributed by atoms with Gasteiger partial charge in [-0.3, -0.25) is 9.80 Å². The molecule has 0 atom stereocenters. The smallest absolute Gasteiger partial charge is 0.504 e. The second-order valence-corrected chi connectivity index (χ2v) is 10.9. The Balaban J connectivity index is 1.57. The molecule has 218 valence electrons. The largest absolute Gasteiger partial charge is 0.539 e. The zero-order chi connectivity index (χ0) is 30.5. The van der Waals surface area contributed by atoms with Gasteiger partial charge in [0, 0.05) is 31.7 Å². The molecule has 0 aliphatic heterocycles. The molecule has 0 fully saturated rings. The van der Waals surface area contributed by atoms with Gasteiger partial charge in [0.1, 0.15) is 5.75 Å². The summed E-state index contributed by atoms with van der Waals surface area (Å²) in [5.74, 6) is -0.356. The van der Waals surface area contributed by atoms with Crippen LogP contribution in [-0.4, -0.2) is 64.8 Å². The van der Waals surface area contributed by atoms with E-state index in [0.29, 0.717) is 37.4 Å². The number of benzene rings is 5. The van der Waals surface area contributed by atoms with Crippen LogP contribution in [0.25, 0.3) is 21.5 Å². The van der Waals surface area contributed by atoms with Crippen molar-refractivity contribution in [2.24, 2.45) is 0 Å². The topological polar surface area (TPSA) is 114 Å². The molecule has 0 unspecified atom stereocenters. The molecule has 4 N–H and O–H groups in total. The molecule has 8 nitrogen and oxygen atoms in total. The fourth-order valence-electron chi connectivity index (χ4n) is 5.84.